The number of hydrogen-bond acceptors (Lipinski definition) is 6. The van der Waals surface area contributed by atoms with Crippen LogP contribution in [0.15, 0.2) is 10.9 Å². The Morgan fingerprint density at radius 3 is 3.00 bits per heavy atom. The molecular weight excluding hydrogens is 240 g/mol. The van der Waals surface area contributed by atoms with Crippen LogP contribution in [0.1, 0.15) is 5.69 Å². The average Bonchev–Trinajstić information content (AvgIpc) is 2.78. The highest BCUT2D eigenvalue weighted by Crippen LogP contribution is 2.17. The van der Waals surface area contributed by atoms with Crippen molar-refractivity contribution in [2.75, 3.05) is 11.9 Å². The molecule has 1 N–H and O–H groups in total. The van der Waals surface area contributed by atoms with Gasteiger partial charge in [-0.25, -0.2) is 4.98 Å². The molecule has 0 amide bonds. The van der Waals surface area contributed by atoms with E-state index in [9.17, 15) is 0 Å². The number of thiazole rings is 1. The zero-order chi connectivity index (χ0) is 9.80. The lowest BCUT2D eigenvalue weighted by atomic mass is 10.3. The zero-order valence-corrected chi connectivity index (χ0v) is 9.49. The summed E-state index contributed by atoms with van der Waals surface area (Å²) in [4.78, 5) is 4.17. The number of aromatic nitrogens is 3. The largest absolute Gasteiger partial charge is 0.366 e. The van der Waals surface area contributed by atoms with E-state index in [1.54, 1.807) is 11.3 Å². The third-order valence-corrected chi connectivity index (χ3v) is 3.13. The van der Waals surface area contributed by atoms with Crippen molar-refractivity contribution >= 4 is 40.5 Å². The van der Waals surface area contributed by atoms with Crippen LogP contribution in [-0.4, -0.2) is 20.3 Å². The van der Waals surface area contributed by atoms with Gasteiger partial charge < -0.3 is 5.32 Å². The van der Waals surface area contributed by atoms with Crippen LogP contribution in [0.25, 0.3) is 0 Å². The summed E-state index contributed by atoms with van der Waals surface area (Å²) in [6, 6.07) is 0. The van der Waals surface area contributed by atoms with Gasteiger partial charge in [0.25, 0.3) is 0 Å². The summed E-state index contributed by atoms with van der Waals surface area (Å²) in [6.45, 7) is 0.773. The Kier molecular flexibility index (Phi) is 3.28. The summed E-state index contributed by atoms with van der Waals surface area (Å²) >= 11 is 8.47. The minimum Gasteiger partial charge on any atom is -0.366 e. The quantitative estimate of drug-likeness (QED) is 0.900. The van der Waals surface area contributed by atoms with Gasteiger partial charge in [0.1, 0.15) is 0 Å². The highest BCUT2D eigenvalue weighted by atomic mass is 35.5. The van der Waals surface area contributed by atoms with Gasteiger partial charge in [-0.2, -0.15) is 8.75 Å². The van der Waals surface area contributed by atoms with Gasteiger partial charge in [-0.1, -0.05) is 11.6 Å². The molecule has 14 heavy (non-hydrogen) atoms. The Morgan fingerprint density at radius 2 is 2.36 bits per heavy atom. The summed E-state index contributed by atoms with van der Waals surface area (Å²) in [7, 11) is 0. The van der Waals surface area contributed by atoms with Crippen molar-refractivity contribution in [3.05, 3.63) is 21.7 Å². The average molecular weight is 247 g/mol. The van der Waals surface area contributed by atoms with Gasteiger partial charge in [-0.3, -0.25) is 0 Å². The van der Waals surface area contributed by atoms with E-state index in [4.69, 9.17) is 11.6 Å². The van der Waals surface area contributed by atoms with Crippen molar-refractivity contribution in [2.24, 2.45) is 0 Å². The second kappa shape index (κ2) is 4.68. The first-order valence-corrected chi connectivity index (χ1v) is 6.00. The Labute approximate surface area is 94.3 Å². The molecule has 2 aromatic heterocycles. The Hall–Kier alpha value is -0.720. The molecule has 4 nitrogen and oxygen atoms in total. The van der Waals surface area contributed by atoms with Gasteiger partial charge in [-0.15, -0.1) is 11.3 Å². The SMILES string of the molecule is Clc1nsnc1NCCc1cscn1. The van der Waals surface area contributed by atoms with Crippen molar-refractivity contribution in [1.82, 2.24) is 13.7 Å². The minimum atomic E-state index is 0.438. The maximum absolute atomic E-state index is 5.76. The van der Waals surface area contributed by atoms with Crippen LogP contribution in [0.2, 0.25) is 5.15 Å². The first-order valence-electron chi connectivity index (χ1n) is 3.95. The smallest absolute Gasteiger partial charge is 0.186 e. The topological polar surface area (TPSA) is 50.7 Å². The van der Waals surface area contributed by atoms with Crippen LogP contribution in [0.5, 0.6) is 0 Å². The van der Waals surface area contributed by atoms with Crippen molar-refractivity contribution in [2.45, 2.75) is 6.42 Å². The van der Waals surface area contributed by atoms with Crippen LogP contribution in [0.4, 0.5) is 5.82 Å². The molecule has 0 bridgehead atoms. The Bertz CT molecular complexity index is 386. The maximum Gasteiger partial charge on any atom is 0.186 e. The number of anilines is 1. The molecule has 0 aliphatic carbocycles. The summed E-state index contributed by atoms with van der Waals surface area (Å²) in [5, 5.41) is 5.57. The van der Waals surface area contributed by atoms with Gasteiger partial charge in [0.05, 0.1) is 22.9 Å². The van der Waals surface area contributed by atoms with E-state index in [1.165, 1.54) is 0 Å². The molecule has 2 rings (SSSR count). The van der Waals surface area contributed by atoms with Crippen LogP contribution in [-0.2, 0) is 6.42 Å². The third kappa shape index (κ3) is 2.40. The van der Waals surface area contributed by atoms with Crippen molar-refractivity contribution in [3.63, 3.8) is 0 Å². The molecule has 0 aliphatic heterocycles. The molecular formula is C7H7ClN4S2. The van der Waals surface area contributed by atoms with Crippen molar-refractivity contribution in [1.29, 1.82) is 0 Å². The number of nitrogens with zero attached hydrogens (tertiary/aromatic N) is 3. The highest BCUT2D eigenvalue weighted by molar-refractivity contribution is 7.07. The van der Waals surface area contributed by atoms with Crippen LogP contribution < -0.4 is 5.32 Å². The van der Waals surface area contributed by atoms with E-state index < -0.39 is 0 Å². The van der Waals surface area contributed by atoms with Gasteiger partial charge >= 0.3 is 0 Å². The zero-order valence-electron chi connectivity index (χ0n) is 7.11. The van der Waals surface area contributed by atoms with E-state index >= 15 is 0 Å². The number of hydrogen-bond donors (Lipinski definition) is 1. The summed E-state index contributed by atoms with van der Waals surface area (Å²) < 4.78 is 7.86. The maximum atomic E-state index is 5.76. The molecule has 74 valence electrons. The fourth-order valence-corrected chi connectivity index (χ4v) is 2.23. The molecule has 0 unspecified atom stereocenters. The molecule has 0 fully saturated rings. The van der Waals surface area contributed by atoms with Crippen molar-refractivity contribution in [3.8, 4) is 0 Å². The lowest BCUT2D eigenvalue weighted by Crippen LogP contribution is -2.05. The Balaban J connectivity index is 1.81. The first-order chi connectivity index (χ1) is 6.86. The fraction of sp³-hybridized carbons (Fsp3) is 0.286. The lowest BCUT2D eigenvalue weighted by molar-refractivity contribution is 0.972. The molecule has 0 atom stereocenters. The van der Waals surface area contributed by atoms with Crippen LogP contribution in [0, 0.1) is 0 Å². The molecule has 0 saturated heterocycles. The van der Waals surface area contributed by atoms with E-state index in [0.717, 1.165) is 30.4 Å². The van der Waals surface area contributed by atoms with E-state index in [2.05, 4.69) is 19.0 Å². The second-order valence-electron chi connectivity index (χ2n) is 2.56. The standard InChI is InChI=1S/C7H7ClN4S2/c8-6-7(12-14-11-6)9-2-1-5-3-13-4-10-5/h3-4H,1-2H2,(H,9,12). The molecule has 0 spiro atoms. The van der Waals surface area contributed by atoms with Crippen LogP contribution in [0.3, 0.4) is 0 Å². The second-order valence-corrected chi connectivity index (χ2v) is 4.17. The first kappa shape index (κ1) is 9.82. The highest BCUT2D eigenvalue weighted by Gasteiger charge is 2.03. The fourth-order valence-electron chi connectivity index (χ4n) is 0.953. The monoisotopic (exact) mass is 246 g/mol. The normalized spacial score (nSPS) is 10.4. The number of halogens is 1. The predicted molar refractivity (Wildman–Crippen MR) is 59.2 cm³/mol. The predicted octanol–water partition coefficient (Wildman–Crippen LogP) is 2.30. The molecule has 0 radical (unpaired) electrons. The summed E-state index contributed by atoms with van der Waals surface area (Å²) in [6.07, 6.45) is 0.872. The van der Waals surface area contributed by atoms with Gasteiger partial charge in [0, 0.05) is 18.3 Å². The van der Waals surface area contributed by atoms with Crippen molar-refractivity contribution < 1.29 is 0 Å². The molecule has 0 aromatic carbocycles. The lowest BCUT2D eigenvalue weighted by Gasteiger charge is -1.99. The molecule has 2 aromatic rings. The molecule has 0 saturated carbocycles. The number of rotatable bonds is 4. The summed E-state index contributed by atoms with van der Waals surface area (Å²) in [5.74, 6) is 0.659. The van der Waals surface area contributed by atoms with Gasteiger partial charge in [-0.05, 0) is 0 Å². The Morgan fingerprint density at radius 1 is 1.43 bits per heavy atom. The number of nitrogens with one attached hydrogen (secondary N) is 1. The van der Waals surface area contributed by atoms with E-state index in [-0.39, 0.29) is 0 Å². The van der Waals surface area contributed by atoms with E-state index in [1.807, 2.05) is 10.9 Å². The molecule has 2 heterocycles. The van der Waals surface area contributed by atoms with E-state index in [0.29, 0.717) is 11.0 Å². The molecule has 7 heteroatoms. The summed E-state index contributed by atoms with van der Waals surface area (Å²) in [5.41, 5.74) is 2.91. The molecule has 0 aliphatic rings. The van der Waals surface area contributed by atoms with Gasteiger partial charge in [0.2, 0.25) is 0 Å². The van der Waals surface area contributed by atoms with Crippen LogP contribution >= 0.6 is 34.7 Å². The third-order valence-electron chi connectivity index (χ3n) is 1.61. The van der Waals surface area contributed by atoms with Gasteiger partial charge in [0.15, 0.2) is 11.0 Å². The minimum absolute atomic E-state index is 0.438.